The molecule has 1 N–H and O–H groups in total. The zero-order valence-electron chi connectivity index (χ0n) is 8.25. The van der Waals surface area contributed by atoms with E-state index < -0.39 is 0 Å². The lowest BCUT2D eigenvalue weighted by atomic mass is 10.00. The van der Waals surface area contributed by atoms with Crippen molar-refractivity contribution < 1.29 is 9.53 Å². The van der Waals surface area contributed by atoms with Gasteiger partial charge in [-0.15, -0.1) is 0 Å². The van der Waals surface area contributed by atoms with E-state index in [1.54, 1.807) is 13.1 Å². The molecule has 2 heterocycles. The fourth-order valence-electron chi connectivity index (χ4n) is 1.69. The number of rotatable bonds is 2. The van der Waals surface area contributed by atoms with Crippen molar-refractivity contribution in [3.63, 3.8) is 0 Å². The van der Waals surface area contributed by atoms with Crippen molar-refractivity contribution in [2.75, 3.05) is 13.2 Å². The Labute approximate surface area is 82.7 Å². The zero-order valence-corrected chi connectivity index (χ0v) is 8.25. The second-order valence-corrected chi connectivity index (χ2v) is 3.62. The van der Waals surface area contributed by atoms with E-state index in [1.807, 2.05) is 0 Å². The molecule has 2 rings (SSSR count). The molecular formula is C10H14N2O2. The number of H-pyrrole nitrogens is 1. The highest BCUT2D eigenvalue weighted by Crippen LogP contribution is 2.24. The average Bonchev–Trinajstić information content (AvgIpc) is 2.68. The molecule has 1 aromatic heterocycles. The van der Waals surface area contributed by atoms with Crippen molar-refractivity contribution in [2.24, 2.45) is 0 Å². The van der Waals surface area contributed by atoms with Crippen molar-refractivity contribution >= 4 is 5.78 Å². The molecule has 1 fully saturated rings. The van der Waals surface area contributed by atoms with Crippen molar-refractivity contribution in [2.45, 2.75) is 25.7 Å². The molecule has 4 nitrogen and oxygen atoms in total. The number of imidazole rings is 1. The van der Waals surface area contributed by atoms with Crippen LogP contribution in [-0.4, -0.2) is 29.0 Å². The van der Waals surface area contributed by atoms with Crippen LogP contribution in [0.5, 0.6) is 0 Å². The molecule has 76 valence electrons. The molecule has 0 aromatic carbocycles. The van der Waals surface area contributed by atoms with Crippen LogP contribution in [0.25, 0.3) is 0 Å². The highest BCUT2D eigenvalue weighted by molar-refractivity contribution is 5.91. The van der Waals surface area contributed by atoms with Crippen LogP contribution in [-0.2, 0) is 4.74 Å². The van der Waals surface area contributed by atoms with Gasteiger partial charge in [0.25, 0.3) is 0 Å². The van der Waals surface area contributed by atoms with Gasteiger partial charge in [-0.25, -0.2) is 4.98 Å². The number of Topliss-reactive ketones (excluding diaryl/α,β-unsaturated/α-hetero) is 1. The van der Waals surface area contributed by atoms with Gasteiger partial charge in [0.05, 0.1) is 6.20 Å². The Kier molecular flexibility index (Phi) is 2.63. The van der Waals surface area contributed by atoms with Crippen LogP contribution in [0, 0.1) is 0 Å². The Morgan fingerprint density at radius 2 is 2.29 bits per heavy atom. The Morgan fingerprint density at radius 1 is 1.57 bits per heavy atom. The minimum atomic E-state index is 0.0378. The SMILES string of the molecule is CC(=O)c1cnc(C2CCOCC2)[nH]1. The molecule has 0 aliphatic carbocycles. The standard InChI is InChI=1S/C10H14N2O2/c1-7(13)9-6-11-10(12-9)8-2-4-14-5-3-8/h6,8H,2-5H2,1H3,(H,11,12). The zero-order chi connectivity index (χ0) is 9.97. The van der Waals surface area contributed by atoms with Gasteiger partial charge in [0.15, 0.2) is 5.78 Å². The number of ether oxygens (including phenoxy) is 1. The van der Waals surface area contributed by atoms with E-state index in [-0.39, 0.29) is 5.78 Å². The number of aromatic amines is 1. The highest BCUT2D eigenvalue weighted by Gasteiger charge is 2.19. The molecule has 1 saturated heterocycles. The first-order valence-electron chi connectivity index (χ1n) is 4.91. The number of nitrogens with one attached hydrogen (secondary N) is 1. The fraction of sp³-hybridized carbons (Fsp3) is 0.600. The summed E-state index contributed by atoms with van der Waals surface area (Å²) in [5.74, 6) is 1.39. The van der Waals surface area contributed by atoms with Gasteiger partial charge < -0.3 is 9.72 Å². The van der Waals surface area contributed by atoms with Crippen LogP contribution < -0.4 is 0 Å². The minimum absolute atomic E-state index is 0.0378. The first-order chi connectivity index (χ1) is 6.77. The van der Waals surface area contributed by atoms with Gasteiger partial charge in [0, 0.05) is 26.1 Å². The van der Waals surface area contributed by atoms with E-state index in [1.165, 1.54) is 0 Å². The van der Waals surface area contributed by atoms with Crippen LogP contribution in [0.4, 0.5) is 0 Å². The Hall–Kier alpha value is -1.16. The van der Waals surface area contributed by atoms with Crippen molar-refractivity contribution in [1.82, 2.24) is 9.97 Å². The molecule has 1 aromatic rings. The molecule has 0 atom stereocenters. The van der Waals surface area contributed by atoms with Gasteiger partial charge in [0.1, 0.15) is 11.5 Å². The monoisotopic (exact) mass is 194 g/mol. The quantitative estimate of drug-likeness (QED) is 0.726. The van der Waals surface area contributed by atoms with Gasteiger partial charge >= 0.3 is 0 Å². The lowest BCUT2D eigenvalue weighted by molar-refractivity contribution is 0.0837. The number of nitrogens with zero attached hydrogens (tertiary/aromatic N) is 1. The molecule has 0 amide bonds. The first-order valence-corrected chi connectivity index (χ1v) is 4.91. The summed E-state index contributed by atoms with van der Waals surface area (Å²) in [6.45, 7) is 3.13. The smallest absolute Gasteiger partial charge is 0.177 e. The number of carbonyl (C=O) groups is 1. The summed E-state index contributed by atoms with van der Waals surface area (Å²) < 4.78 is 5.27. The predicted molar refractivity (Wildman–Crippen MR) is 51.4 cm³/mol. The third kappa shape index (κ3) is 1.85. The van der Waals surface area contributed by atoms with E-state index in [0.29, 0.717) is 11.6 Å². The summed E-state index contributed by atoms with van der Waals surface area (Å²) >= 11 is 0. The maximum atomic E-state index is 11.0. The molecule has 0 saturated carbocycles. The molecule has 0 radical (unpaired) electrons. The van der Waals surface area contributed by atoms with Crippen molar-refractivity contribution in [1.29, 1.82) is 0 Å². The Balaban J connectivity index is 2.11. The van der Waals surface area contributed by atoms with Gasteiger partial charge in [-0.2, -0.15) is 0 Å². The summed E-state index contributed by atoms with van der Waals surface area (Å²) in [4.78, 5) is 18.3. The predicted octanol–water partition coefficient (Wildman–Crippen LogP) is 1.51. The summed E-state index contributed by atoms with van der Waals surface area (Å²) in [6.07, 6.45) is 3.60. The minimum Gasteiger partial charge on any atom is -0.381 e. The largest absolute Gasteiger partial charge is 0.381 e. The van der Waals surface area contributed by atoms with Crippen LogP contribution in [0.3, 0.4) is 0 Å². The second kappa shape index (κ2) is 3.92. The van der Waals surface area contributed by atoms with Crippen LogP contribution in [0.1, 0.15) is 42.0 Å². The van der Waals surface area contributed by atoms with Crippen LogP contribution in [0.2, 0.25) is 0 Å². The Morgan fingerprint density at radius 3 is 2.86 bits per heavy atom. The van der Waals surface area contributed by atoms with E-state index in [4.69, 9.17) is 4.74 Å². The van der Waals surface area contributed by atoms with E-state index in [2.05, 4.69) is 9.97 Å². The molecule has 1 aliphatic heterocycles. The van der Waals surface area contributed by atoms with E-state index in [9.17, 15) is 4.79 Å². The number of carbonyl (C=O) groups excluding carboxylic acids is 1. The molecule has 0 unspecified atom stereocenters. The summed E-state index contributed by atoms with van der Waals surface area (Å²) in [6, 6.07) is 0. The van der Waals surface area contributed by atoms with Gasteiger partial charge in [0.2, 0.25) is 0 Å². The van der Waals surface area contributed by atoms with Crippen LogP contribution in [0.15, 0.2) is 6.20 Å². The van der Waals surface area contributed by atoms with Crippen molar-refractivity contribution in [3.8, 4) is 0 Å². The van der Waals surface area contributed by atoms with Gasteiger partial charge in [-0.3, -0.25) is 4.79 Å². The summed E-state index contributed by atoms with van der Waals surface area (Å²) in [5.41, 5.74) is 0.603. The second-order valence-electron chi connectivity index (χ2n) is 3.62. The molecular weight excluding hydrogens is 180 g/mol. The Bertz CT molecular complexity index is 327. The molecule has 4 heteroatoms. The number of hydrogen-bond donors (Lipinski definition) is 1. The summed E-state index contributed by atoms with van der Waals surface area (Å²) in [7, 11) is 0. The summed E-state index contributed by atoms with van der Waals surface area (Å²) in [5, 5.41) is 0. The topological polar surface area (TPSA) is 55.0 Å². The molecule has 14 heavy (non-hydrogen) atoms. The number of hydrogen-bond acceptors (Lipinski definition) is 3. The lowest BCUT2D eigenvalue weighted by Crippen LogP contribution is -2.15. The highest BCUT2D eigenvalue weighted by atomic mass is 16.5. The molecule has 0 spiro atoms. The molecule has 1 aliphatic rings. The maximum Gasteiger partial charge on any atom is 0.177 e. The third-order valence-corrected chi connectivity index (χ3v) is 2.58. The van der Waals surface area contributed by atoms with Gasteiger partial charge in [-0.05, 0) is 12.8 Å². The van der Waals surface area contributed by atoms with E-state index in [0.717, 1.165) is 31.9 Å². The normalized spacial score (nSPS) is 18.4. The number of ketones is 1. The average molecular weight is 194 g/mol. The first kappa shape index (κ1) is 9.40. The van der Waals surface area contributed by atoms with Crippen LogP contribution >= 0.6 is 0 Å². The van der Waals surface area contributed by atoms with E-state index >= 15 is 0 Å². The molecule has 0 bridgehead atoms. The van der Waals surface area contributed by atoms with Crippen molar-refractivity contribution in [3.05, 3.63) is 17.7 Å². The fourth-order valence-corrected chi connectivity index (χ4v) is 1.69. The maximum absolute atomic E-state index is 11.0. The lowest BCUT2D eigenvalue weighted by Gasteiger charge is -2.19. The van der Waals surface area contributed by atoms with Gasteiger partial charge in [-0.1, -0.05) is 0 Å². The third-order valence-electron chi connectivity index (χ3n) is 2.58. The number of aromatic nitrogens is 2.